The number of aromatic nitrogens is 3. The van der Waals surface area contributed by atoms with E-state index in [1.165, 1.54) is 83.1 Å². The van der Waals surface area contributed by atoms with Gasteiger partial charge in [-0.3, -0.25) is 0 Å². The summed E-state index contributed by atoms with van der Waals surface area (Å²) in [5, 5.41) is 16.2. The first-order valence-electron chi connectivity index (χ1n) is 31.5. The quantitative estimate of drug-likeness (QED) is 0.0849. The molecular formula is C80H73N7O3S. The zero-order chi connectivity index (χ0) is 63.3. The first-order valence-corrected chi connectivity index (χ1v) is 32.3. The molecule has 0 amide bonds. The molecule has 0 spiro atoms. The van der Waals surface area contributed by atoms with E-state index in [1.54, 1.807) is 6.08 Å². The number of allylic oxidation sites excluding steroid dienone is 6. The lowest BCUT2D eigenvalue weighted by molar-refractivity contribution is 0.223. The van der Waals surface area contributed by atoms with Crippen molar-refractivity contribution in [3.8, 4) is 28.0 Å². The van der Waals surface area contributed by atoms with Crippen LogP contribution >= 0.6 is 11.3 Å². The average Bonchev–Trinajstić information content (AvgIpc) is 1.32. The SMILES string of the molecule is CCN(CC)c1ccc2cc(-c3nc4ccccc4s3)c(=O)oc2c1.[C-]#[N+]/C(C#N)=C1C=C(/C=C/c2cc3c4c(c2)C(C)(C)CCN4CCC3(C)C)OC(C(C)(C)C)=C/1.c1cc(-n2c3ccccc3c3ccccc32)cc(-n2c3ccccc3c3ccccc32)c1. The van der Waals surface area contributed by atoms with E-state index in [4.69, 9.17) is 15.7 Å². The van der Waals surface area contributed by atoms with Crippen molar-refractivity contribution in [2.75, 3.05) is 36.0 Å². The monoisotopic (exact) mass is 1210 g/mol. The van der Waals surface area contributed by atoms with E-state index in [0.29, 0.717) is 27.5 Å². The Balaban J connectivity index is 0.000000126. The van der Waals surface area contributed by atoms with E-state index in [2.05, 4.69) is 237 Å². The van der Waals surface area contributed by atoms with Gasteiger partial charge in [-0.25, -0.2) is 19.9 Å². The molecule has 3 aliphatic heterocycles. The zero-order valence-corrected chi connectivity index (χ0v) is 54.0. The van der Waals surface area contributed by atoms with Gasteiger partial charge < -0.3 is 28.1 Å². The normalized spacial score (nSPS) is 15.5. The molecule has 91 heavy (non-hydrogen) atoms. The topological polar surface area (TPSA) is 96.8 Å². The van der Waals surface area contributed by atoms with Gasteiger partial charge in [-0.05, 0) is 163 Å². The van der Waals surface area contributed by atoms with Crippen molar-refractivity contribution in [1.82, 2.24) is 14.1 Å². The molecule has 10 nitrogen and oxygen atoms in total. The number of ether oxygens (including phenoxy) is 1. The van der Waals surface area contributed by atoms with Crippen LogP contribution < -0.4 is 15.4 Å². The molecule has 0 unspecified atom stereocenters. The van der Waals surface area contributed by atoms with E-state index >= 15 is 0 Å². The molecule has 452 valence electrons. The molecule has 0 bridgehead atoms. The molecule has 0 radical (unpaired) electrons. The summed E-state index contributed by atoms with van der Waals surface area (Å²) < 4.78 is 17.6. The molecule has 12 aromatic rings. The van der Waals surface area contributed by atoms with Crippen LogP contribution in [0, 0.1) is 23.3 Å². The van der Waals surface area contributed by atoms with Crippen LogP contribution in [0.15, 0.2) is 232 Å². The van der Waals surface area contributed by atoms with E-state index in [-0.39, 0.29) is 27.6 Å². The Morgan fingerprint density at radius 2 is 1.22 bits per heavy atom. The van der Waals surface area contributed by atoms with Crippen LogP contribution in [0.1, 0.15) is 91.8 Å². The fourth-order valence-corrected chi connectivity index (χ4v) is 14.2. The second-order valence-corrected chi connectivity index (χ2v) is 27.1. The second-order valence-electron chi connectivity index (χ2n) is 26.1. The predicted molar refractivity (Wildman–Crippen MR) is 379 cm³/mol. The summed E-state index contributed by atoms with van der Waals surface area (Å²) in [5.74, 6) is 1.39. The summed E-state index contributed by atoms with van der Waals surface area (Å²) in [4.78, 5) is 25.3. The van der Waals surface area contributed by atoms with Crippen LogP contribution in [-0.4, -0.2) is 40.3 Å². The Bertz CT molecular complexity index is 4810. The molecule has 0 fully saturated rings. The third-order valence-corrected chi connectivity index (χ3v) is 19.4. The van der Waals surface area contributed by atoms with Gasteiger partial charge >= 0.3 is 5.63 Å². The fraction of sp³-hybridized carbons (Fsp3) is 0.225. The van der Waals surface area contributed by atoms with E-state index < -0.39 is 0 Å². The predicted octanol–water partition coefficient (Wildman–Crippen LogP) is 20.2. The Morgan fingerprint density at radius 1 is 0.681 bits per heavy atom. The molecule has 15 rings (SSSR count). The molecule has 3 aliphatic rings. The number of para-hydroxylation sites is 5. The summed E-state index contributed by atoms with van der Waals surface area (Å²) in [6.45, 7) is 31.3. The van der Waals surface area contributed by atoms with E-state index in [9.17, 15) is 10.1 Å². The van der Waals surface area contributed by atoms with Gasteiger partial charge in [-0.15, -0.1) is 11.3 Å². The standard InChI is InChI=1S/C30H35N3O.C30H20N2.C20H18N2O2S/c1-28(2,3)26-18-21(25(19-31)32-8)17-22(34-26)10-9-20-15-23-27-24(16-20)30(6,7)12-14-33(27)13-11-29(23,4)5;1-5-16-27-23(12-1)24-13-2-6-17-28(24)31(27)21-10-9-11-22(20-21)32-29-18-7-3-14-25(29)26-15-4-8-19-30(26)32;1-3-22(4-2)14-10-9-13-11-15(20(23)24-17(13)12-14)19-21-16-7-5-6-8-18(16)25-19/h9-10,15-18H,11-14H2,1-7H3;1-20H;5-12H,3-4H2,1-2H3/b10-9+,25-21-;;. The molecule has 4 aromatic heterocycles. The maximum atomic E-state index is 12.5. The van der Waals surface area contributed by atoms with Crippen LogP contribution in [0.2, 0.25) is 0 Å². The minimum atomic E-state index is -0.344. The van der Waals surface area contributed by atoms with Gasteiger partial charge in [0, 0.05) is 87.3 Å². The van der Waals surface area contributed by atoms with Gasteiger partial charge in [0.25, 0.3) is 5.70 Å². The molecule has 11 heteroatoms. The molecular weight excluding hydrogens is 1140 g/mol. The smallest absolute Gasteiger partial charge is 0.346 e. The number of benzene rings is 8. The molecule has 0 N–H and O–H groups in total. The highest BCUT2D eigenvalue weighted by atomic mass is 32.1. The molecule has 0 saturated heterocycles. The van der Waals surface area contributed by atoms with Gasteiger partial charge in [0.15, 0.2) is 0 Å². The van der Waals surface area contributed by atoms with E-state index in [1.807, 2.05) is 60.7 Å². The largest absolute Gasteiger partial charge is 0.461 e. The highest BCUT2D eigenvalue weighted by Crippen LogP contribution is 2.50. The van der Waals surface area contributed by atoms with Crippen LogP contribution in [0.3, 0.4) is 0 Å². The number of rotatable bonds is 8. The Kier molecular flexibility index (Phi) is 15.7. The van der Waals surface area contributed by atoms with Crippen molar-refractivity contribution in [2.45, 2.75) is 86.0 Å². The number of thiazole rings is 1. The minimum Gasteiger partial charge on any atom is -0.461 e. The van der Waals surface area contributed by atoms with Crippen molar-refractivity contribution < 1.29 is 9.15 Å². The van der Waals surface area contributed by atoms with Gasteiger partial charge in [0.1, 0.15) is 22.1 Å². The first kappa shape index (κ1) is 59.7. The van der Waals surface area contributed by atoms with E-state index in [0.717, 1.165) is 71.6 Å². The van der Waals surface area contributed by atoms with Crippen LogP contribution in [-0.2, 0) is 15.6 Å². The molecule has 0 atom stereocenters. The maximum absolute atomic E-state index is 12.5. The van der Waals surface area contributed by atoms with Gasteiger partial charge in [-0.1, -0.05) is 146 Å². The number of hydrogen-bond donors (Lipinski definition) is 0. The third kappa shape index (κ3) is 11.3. The maximum Gasteiger partial charge on any atom is 0.346 e. The molecule has 0 saturated carbocycles. The lowest BCUT2D eigenvalue weighted by atomic mass is 9.69. The Hall–Kier alpha value is -10.2. The van der Waals surface area contributed by atoms with Gasteiger partial charge in [0.2, 0.25) is 0 Å². The van der Waals surface area contributed by atoms with Gasteiger partial charge in [0.05, 0.1) is 50.5 Å². The Labute approximate surface area is 536 Å². The number of anilines is 2. The van der Waals surface area contributed by atoms with Crippen molar-refractivity contribution in [1.29, 1.82) is 5.26 Å². The van der Waals surface area contributed by atoms with Crippen LogP contribution in [0.4, 0.5) is 11.4 Å². The molecule has 8 aromatic carbocycles. The summed E-state index contributed by atoms with van der Waals surface area (Å²) in [7, 11) is 0. The number of fused-ring (bicyclic) bond motifs is 8. The lowest BCUT2D eigenvalue weighted by Gasteiger charge is -2.48. The minimum absolute atomic E-state index is 0.0812. The number of nitriles is 1. The first-order chi connectivity index (χ1) is 43.9. The molecule has 7 heterocycles. The zero-order valence-electron chi connectivity index (χ0n) is 53.1. The van der Waals surface area contributed by atoms with Crippen LogP contribution in [0.25, 0.3) is 97.7 Å². The Morgan fingerprint density at radius 3 is 1.74 bits per heavy atom. The van der Waals surface area contributed by atoms with Crippen molar-refractivity contribution >= 4 is 93.6 Å². The highest BCUT2D eigenvalue weighted by Gasteiger charge is 2.40. The van der Waals surface area contributed by atoms with Crippen molar-refractivity contribution in [2.24, 2.45) is 5.41 Å². The van der Waals surface area contributed by atoms with Crippen molar-refractivity contribution in [3.63, 3.8) is 0 Å². The number of nitrogens with zero attached hydrogens (tertiary/aromatic N) is 7. The fourth-order valence-electron chi connectivity index (χ4n) is 13.2. The average molecular weight is 1210 g/mol. The highest BCUT2D eigenvalue weighted by molar-refractivity contribution is 7.21. The lowest BCUT2D eigenvalue weighted by Crippen LogP contribution is -2.44. The van der Waals surface area contributed by atoms with Gasteiger partial charge in [-0.2, -0.15) is 0 Å². The third-order valence-electron chi connectivity index (χ3n) is 18.3. The summed E-state index contributed by atoms with van der Waals surface area (Å²) in [5.41, 5.74) is 16.2. The van der Waals surface area contributed by atoms with Crippen molar-refractivity contribution in [3.05, 3.63) is 262 Å². The molecule has 0 aliphatic carbocycles. The second kappa shape index (κ2) is 24.0. The summed E-state index contributed by atoms with van der Waals surface area (Å²) in [6.07, 6.45) is 9.99. The number of hydrogen-bond acceptors (Lipinski definition) is 8. The van der Waals surface area contributed by atoms with Crippen LogP contribution in [0.5, 0.6) is 0 Å². The summed E-state index contributed by atoms with van der Waals surface area (Å²) >= 11 is 1.51. The summed E-state index contributed by atoms with van der Waals surface area (Å²) in [6, 6.07) is 66.0.